The van der Waals surface area contributed by atoms with Crippen LogP contribution in [0, 0.1) is 10.1 Å². The molecule has 0 saturated carbocycles. The average Bonchev–Trinajstić information content (AvgIpc) is 2.79. The molecule has 11 heteroatoms. The molecule has 1 fully saturated rings. The molecule has 32 heavy (non-hydrogen) atoms. The van der Waals surface area contributed by atoms with Crippen molar-refractivity contribution in [2.45, 2.75) is 25.8 Å². The van der Waals surface area contributed by atoms with Gasteiger partial charge in [-0.1, -0.05) is 0 Å². The van der Waals surface area contributed by atoms with Crippen LogP contribution in [0.3, 0.4) is 0 Å². The van der Waals surface area contributed by atoms with Crippen LogP contribution in [0.1, 0.15) is 19.8 Å². The van der Waals surface area contributed by atoms with E-state index in [-0.39, 0.29) is 23.5 Å². The maximum Gasteiger partial charge on any atom is 0.329 e. The minimum Gasteiger partial charge on any atom is -0.494 e. The molecular formula is C21H28N8O3. The van der Waals surface area contributed by atoms with Crippen LogP contribution in [0.4, 0.5) is 23.1 Å². The molecule has 11 nitrogen and oxygen atoms in total. The number of likely N-dealkylation sites (tertiary alicyclic amines) is 1. The molecule has 2 heterocycles. The second-order valence-corrected chi connectivity index (χ2v) is 7.33. The summed E-state index contributed by atoms with van der Waals surface area (Å²) < 4.78 is 5.42. The first-order valence-electron chi connectivity index (χ1n) is 10.4. The normalized spacial score (nSPS) is 15.6. The van der Waals surface area contributed by atoms with Gasteiger partial charge in [0.15, 0.2) is 0 Å². The van der Waals surface area contributed by atoms with Crippen LogP contribution in [0.15, 0.2) is 47.4 Å². The largest absolute Gasteiger partial charge is 0.494 e. The van der Waals surface area contributed by atoms with Crippen molar-refractivity contribution >= 4 is 29.4 Å². The number of hydrogen-bond donors (Lipinski definition) is 3. The summed E-state index contributed by atoms with van der Waals surface area (Å²) in [5, 5.41) is 17.4. The Kier molecular flexibility index (Phi) is 7.92. The van der Waals surface area contributed by atoms with E-state index in [1.54, 1.807) is 30.5 Å². The minimum atomic E-state index is -0.540. The Bertz CT molecular complexity index is 970. The van der Waals surface area contributed by atoms with Gasteiger partial charge < -0.3 is 26.0 Å². The van der Waals surface area contributed by atoms with Gasteiger partial charge in [0.05, 0.1) is 23.3 Å². The molecule has 0 atom stereocenters. The Morgan fingerprint density at radius 2 is 2.09 bits per heavy atom. The molecule has 0 spiro atoms. The number of nitrogens with one attached hydrogen (secondary N) is 2. The van der Waals surface area contributed by atoms with Crippen molar-refractivity contribution in [1.82, 2.24) is 14.9 Å². The molecular weight excluding hydrogens is 412 g/mol. The van der Waals surface area contributed by atoms with E-state index in [9.17, 15) is 10.1 Å². The lowest BCUT2D eigenvalue weighted by Crippen LogP contribution is -2.32. The molecule has 4 N–H and O–H groups in total. The summed E-state index contributed by atoms with van der Waals surface area (Å²) in [6.45, 7) is 4.46. The molecule has 1 aromatic carbocycles. The summed E-state index contributed by atoms with van der Waals surface area (Å²) in [7, 11) is 2.09. The summed E-state index contributed by atoms with van der Waals surface area (Å²) in [6, 6.07) is 7.28. The van der Waals surface area contributed by atoms with Gasteiger partial charge in [0.2, 0.25) is 11.8 Å². The van der Waals surface area contributed by atoms with Crippen LogP contribution in [0.5, 0.6) is 5.75 Å². The Labute approximate surface area is 186 Å². The van der Waals surface area contributed by atoms with Gasteiger partial charge in [-0.15, -0.1) is 0 Å². The van der Waals surface area contributed by atoms with Crippen LogP contribution in [0.2, 0.25) is 0 Å². The number of rotatable bonds is 9. The fourth-order valence-corrected chi connectivity index (χ4v) is 3.17. The third-order valence-corrected chi connectivity index (χ3v) is 4.94. The highest BCUT2D eigenvalue weighted by Gasteiger charge is 2.18. The highest BCUT2D eigenvalue weighted by atomic mass is 16.6. The number of hydrogen-bond acceptors (Lipinski definition) is 10. The molecule has 3 rings (SSSR count). The molecule has 0 aliphatic carbocycles. The number of piperidine rings is 1. The van der Waals surface area contributed by atoms with Gasteiger partial charge in [-0.05, 0) is 64.2 Å². The van der Waals surface area contributed by atoms with Crippen molar-refractivity contribution in [3.05, 3.63) is 52.5 Å². The molecule has 2 aromatic rings. The first-order chi connectivity index (χ1) is 15.5. The molecule has 170 valence electrons. The zero-order valence-electron chi connectivity index (χ0n) is 18.2. The predicted octanol–water partition coefficient (Wildman–Crippen LogP) is 2.90. The highest BCUT2D eigenvalue weighted by Crippen LogP contribution is 2.27. The maximum absolute atomic E-state index is 11.4. The zero-order valence-corrected chi connectivity index (χ0v) is 18.2. The van der Waals surface area contributed by atoms with E-state index in [1.807, 2.05) is 6.92 Å². The molecule has 0 bridgehead atoms. The third-order valence-electron chi connectivity index (χ3n) is 4.94. The SMILES string of the molecule is CCOc1ccc(Nc2nc(NC(C=NC3CCN(C)CC3)=CN)ncc2[N+](=O)[O-])cc1. The summed E-state index contributed by atoms with van der Waals surface area (Å²) in [5.74, 6) is 0.926. The van der Waals surface area contributed by atoms with Gasteiger partial charge in [0, 0.05) is 18.1 Å². The summed E-state index contributed by atoms with van der Waals surface area (Å²) in [5.41, 5.74) is 6.60. The van der Waals surface area contributed by atoms with Crippen molar-refractivity contribution in [2.24, 2.45) is 10.7 Å². The van der Waals surface area contributed by atoms with Crippen molar-refractivity contribution < 1.29 is 9.66 Å². The molecule has 1 aliphatic heterocycles. The van der Waals surface area contributed by atoms with Crippen molar-refractivity contribution in [2.75, 3.05) is 37.4 Å². The fraction of sp³-hybridized carbons (Fsp3) is 0.381. The van der Waals surface area contributed by atoms with Gasteiger partial charge in [-0.3, -0.25) is 15.1 Å². The standard InChI is InChI=1S/C21H28N8O3/c1-3-32-18-6-4-16(5-7-18)25-20-19(29(30)31)14-24-21(27-20)26-17(12-22)13-23-15-8-10-28(2)11-9-15/h4-7,12-15H,3,8-11,22H2,1-2H3,(H2,24,25,26,27). The first-order valence-corrected chi connectivity index (χ1v) is 10.4. The molecule has 0 unspecified atom stereocenters. The van der Waals surface area contributed by atoms with Gasteiger partial charge >= 0.3 is 5.69 Å². The van der Waals surface area contributed by atoms with Crippen molar-refractivity contribution in [3.8, 4) is 5.75 Å². The fourth-order valence-electron chi connectivity index (χ4n) is 3.17. The van der Waals surface area contributed by atoms with E-state index < -0.39 is 4.92 Å². The molecule has 0 amide bonds. The topological polar surface area (TPSA) is 144 Å². The van der Waals surface area contributed by atoms with E-state index in [0.29, 0.717) is 23.7 Å². The average molecular weight is 441 g/mol. The number of ether oxygens (including phenoxy) is 1. The summed E-state index contributed by atoms with van der Waals surface area (Å²) >= 11 is 0. The third kappa shape index (κ3) is 6.38. The first kappa shape index (κ1) is 22.9. The lowest BCUT2D eigenvalue weighted by Gasteiger charge is -2.26. The number of nitro groups is 1. The molecule has 1 aliphatic rings. The van der Waals surface area contributed by atoms with E-state index >= 15 is 0 Å². The van der Waals surface area contributed by atoms with Gasteiger partial charge in [-0.25, -0.2) is 4.98 Å². The Balaban J connectivity index is 1.73. The lowest BCUT2D eigenvalue weighted by molar-refractivity contribution is -0.384. The second-order valence-electron chi connectivity index (χ2n) is 7.33. The van der Waals surface area contributed by atoms with E-state index in [0.717, 1.165) is 32.1 Å². The van der Waals surface area contributed by atoms with Crippen LogP contribution in [-0.2, 0) is 0 Å². The maximum atomic E-state index is 11.4. The van der Waals surface area contributed by atoms with Gasteiger partial charge in [-0.2, -0.15) is 4.98 Å². The van der Waals surface area contributed by atoms with Crippen LogP contribution in [0.25, 0.3) is 0 Å². The van der Waals surface area contributed by atoms with E-state index in [4.69, 9.17) is 10.5 Å². The van der Waals surface area contributed by atoms with Crippen LogP contribution < -0.4 is 21.1 Å². The second kappa shape index (κ2) is 11.0. The Morgan fingerprint density at radius 1 is 1.38 bits per heavy atom. The predicted molar refractivity (Wildman–Crippen MR) is 124 cm³/mol. The summed E-state index contributed by atoms with van der Waals surface area (Å²) in [6.07, 6.45) is 6.13. The van der Waals surface area contributed by atoms with E-state index in [1.165, 1.54) is 6.20 Å². The van der Waals surface area contributed by atoms with E-state index in [2.05, 4.69) is 37.5 Å². The van der Waals surface area contributed by atoms with Crippen LogP contribution in [-0.4, -0.2) is 58.8 Å². The quantitative estimate of drug-likeness (QED) is 0.304. The number of anilines is 3. The molecule has 1 aromatic heterocycles. The Hall–Kier alpha value is -3.73. The van der Waals surface area contributed by atoms with Crippen LogP contribution >= 0.6 is 0 Å². The van der Waals surface area contributed by atoms with Crippen molar-refractivity contribution in [3.63, 3.8) is 0 Å². The number of allylic oxidation sites excluding steroid dienone is 1. The molecule has 1 saturated heterocycles. The minimum absolute atomic E-state index is 0.0558. The zero-order chi connectivity index (χ0) is 22.9. The number of nitrogens with two attached hydrogens (primary N) is 1. The smallest absolute Gasteiger partial charge is 0.329 e. The monoisotopic (exact) mass is 440 g/mol. The Morgan fingerprint density at radius 3 is 2.72 bits per heavy atom. The van der Waals surface area contributed by atoms with Gasteiger partial charge in [0.25, 0.3) is 0 Å². The van der Waals surface area contributed by atoms with Gasteiger partial charge in [0.1, 0.15) is 11.9 Å². The lowest BCUT2D eigenvalue weighted by atomic mass is 10.1. The number of aromatic nitrogens is 2. The highest BCUT2D eigenvalue weighted by molar-refractivity contribution is 5.82. The number of nitrogens with zero attached hydrogens (tertiary/aromatic N) is 5. The number of benzene rings is 1. The number of aliphatic imine (C=N–C) groups is 1. The van der Waals surface area contributed by atoms with Crippen molar-refractivity contribution in [1.29, 1.82) is 0 Å². The molecule has 0 radical (unpaired) electrons. The summed E-state index contributed by atoms with van der Waals surface area (Å²) in [4.78, 5) is 26.1.